The van der Waals surface area contributed by atoms with E-state index in [4.69, 9.17) is 25.5 Å². The molecule has 0 bridgehead atoms. The van der Waals surface area contributed by atoms with Crippen LogP contribution in [0.15, 0.2) is 35.1 Å². The first-order chi connectivity index (χ1) is 10.2. The molecule has 1 N–H and O–H groups in total. The van der Waals surface area contributed by atoms with Crippen LogP contribution in [0.5, 0.6) is 5.88 Å². The topological polar surface area (TPSA) is 73.6 Å². The van der Waals surface area contributed by atoms with Crippen molar-refractivity contribution in [2.75, 3.05) is 18.5 Å². The smallest absolute Gasteiger partial charge is 0.260 e. The predicted molar refractivity (Wildman–Crippen MR) is 75.8 cm³/mol. The first kappa shape index (κ1) is 13.9. The molecule has 0 spiro atoms. The summed E-state index contributed by atoms with van der Waals surface area (Å²) in [5, 5.41) is 2.77. The maximum atomic E-state index is 12.0. The highest BCUT2D eigenvalue weighted by molar-refractivity contribution is 6.32. The number of aromatic nitrogens is 1. The Balaban J connectivity index is 1.68. The van der Waals surface area contributed by atoms with Crippen molar-refractivity contribution in [1.29, 1.82) is 0 Å². The number of hydrogen-bond donors (Lipinski definition) is 1. The van der Waals surface area contributed by atoms with Gasteiger partial charge in [-0.05, 0) is 23.7 Å². The number of carbonyl (C=O) groups excluding carboxylic acids is 1. The number of halogens is 1. The van der Waals surface area contributed by atoms with Crippen LogP contribution in [0, 0.1) is 0 Å². The van der Waals surface area contributed by atoms with Crippen LogP contribution < -0.4 is 10.1 Å². The van der Waals surface area contributed by atoms with E-state index in [1.54, 1.807) is 18.3 Å². The average molecular weight is 309 g/mol. The lowest BCUT2D eigenvalue weighted by atomic mass is 10.3. The zero-order valence-corrected chi connectivity index (χ0v) is 11.8. The fraction of sp³-hybridized carbons (Fsp3) is 0.286. The first-order valence-corrected chi connectivity index (χ1v) is 6.85. The number of anilines is 1. The Labute approximate surface area is 126 Å². The number of rotatable bonds is 4. The van der Waals surface area contributed by atoms with E-state index >= 15 is 0 Å². The molecule has 1 aliphatic heterocycles. The number of hydrogen-bond acceptors (Lipinski definition) is 5. The molecule has 110 valence electrons. The van der Waals surface area contributed by atoms with Crippen molar-refractivity contribution in [2.24, 2.45) is 0 Å². The Morgan fingerprint density at radius 3 is 3.10 bits per heavy atom. The molecule has 2 aromatic heterocycles. The Morgan fingerprint density at radius 2 is 2.38 bits per heavy atom. The molecular formula is C14H13ClN2O4. The molecule has 6 nitrogen and oxygen atoms in total. The molecule has 2 aromatic rings. The zero-order valence-electron chi connectivity index (χ0n) is 11.0. The third-order valence-corrected chi connectivity index (χ3v) is 3.32. The van der Waals surface area contributed by atoms with Gasteiger partial charge in [0.15, 0.2) is 0 Å². The summed E-state index contributed by atoms with van der Waals surface area (Å²) in [6, 6.07) is 4.83. The molecule has 3 heterocycles. The second-order valence-corrected chi connectivity index (χ2v) is 4.89. The van der Waals surface area contributed by atoms with Crippen molar-refractivity contribution >= 4 is 23.2 Å². The molecular weight excluding hydrogens is 296 g/mol. The average Bonchev–Trinajstić information content (AvgIpc) is 3.10. The molecule has 0 radical (unpaired) electrons. The maximum absolute atomic E-state index is 12.0. The van der Waals surface area contributed by atoms with E-state index in [-0.39, 0.29) is 22.8 Å². The molecule has 0 saturated carbocycles. The van der Waals surface area contributed by atoms with E-state index in [9.17, 15) is 4.79 Å². The SMILES string of the molecule is O=C(Nc1ccnc(O[C@@H]2CCOC2)c1)c1ccoc1Cl. The van der Waals surface area contributed by atoms with E-state index in [0.717, 1.165) is 6.42 Å². The Bertz CT molecular complexity index is 637. The molecule has 0 aromatic carbocycles. The zero-order chi connectivity index (χ0) is 14.7. The lowest BCUT2D eigenvalue weighted by molar-refractivity contribution is 0.102. The minimum atomic E-state index is -0.352. The monoisotopic (exact) mass is 308 g/mol. The number of pyridine rings is 1. The van der Waals surface area contributed by atoms with Crippen LogP contribution in [-0.2, 0) is 4.74 Å². The van der Waals surface area contributed by atoms with Crippen molar-refractivity contribution in [3.63, 3.8) is 0 Å². The third-order valence-electron chi connectivity index (χ3n) is 3.03. The Kier molecular flexibility index (Phi) is 4.08. The van der Waals surface area contributed by atoms with Gasteiger partial charge in [0.25, 0.3) is 5.91 Å². The normalized spacial score (nSPS) is 17.7. The lowest BCUT2D eigenvalue weighted by Gasteiger charge is -2.11. The molecule has 1 amide bonds. The van der Waals surface area contributed by atoms with Gasteiger partial charge in [-0.25, -0.2) is 4.98 Å². The highest BCUT2D eigenvalue weighted by Crippen LogP contribution is 2.21. The minimum absolute atomic E-state index is 0.00627. The molecule has 7 heteroatoms. The van der Waals surface area contributed by atoms with Crippen molar-refractivity contribution in [3.05, 3.63) is 41.4 Å². The van der Waals surface area contributed by atoms with E-state index < -0.39 is 0 Å². The summed E-state index contributed by atoms with van der Waals surface area (Å²) < 4.78 is 15.8. The fourth-order valence-corrected chi connectivity index (χ4v) is 2.18. The lowest BCUT2D eigenvalue weighted by Crippen LogP contribution is -2.17. The van der Waals surface area contributed by atoms with Gasteiger partial charge in [0.1, 0.15) is 6.10 Å². The van der Waals surface area contributed by atoms with Crippen molar-refractivity contribution < 1.29 is 18.7 Å². The van der Waals surface area contributed by atoms with Crippen LogP contribution in [0.4, 0.5) is 5.69 Å². The van der Waals surface area contributed by atoms with Gasteiger partial charge >= 0.3 is 0 Å². The van der Waals surface area contributed by atoms with Crippen LogP contribution in [0.25, 0.3) is 0 Å². The highest BCUT2D eigenvalue weighted by atomic mass is 35.5. The number of nitrogens with zero attached hydrogens (tertiary/aromatic N) is 1. The quantitative estimate of drug-likeness (QED) is 0.940. The van der Waals surface area contributed by atoms with Gasteiger partial charge in [0.2, 0.25) is 11.1 Å². The van der Waals surface area contributed by atoms with E-state index in [1.807, 2.05) is 0 Å². The summed E-state index contributed by atoms with van der Waals surface area (Å²) in [5.74, 6) is 0.0942. The van der Waals surface area contributed by atoms with E-state index in [2.05, 4.69) is 10.3 Å². The van der Waals surface area contributed by atoms with Crippen LogP contribution >= 0.6 is 11.6 Å². The molecule has 1 saturated heterocycles. The number of carbonyl (C=O) groups is 1. The Morgan fingerprint density at radius 1 is 1.48 bits per heavy atom. The van der Waals surface area contributed by atoms with Gasteiger partial charge in [-0.2, -0.15) is 0 Å². The van der Waals surface area contributed by atoms with Crippen LogP contribution in [-0.4, -0.2) is 30.2 Å². The van der Waals surface area contributed by atoms with Gasteiger partial charge in [-0.3, -0.25) is 4.79 Å². The van der Waals surface area contributed by atoms with Crippen molar-refractivity contribution in [3.8, 4) is 5.88 Å². The second-order valence-electron chi connectivity index (χ2n) is 4.55. The first-order valence-electron chi connectivity index (χ1n) is 6.47. The summed E-state index contributed by atoms with van der Waals surface area (Å²) in [7, 11) is 0. The van der Waals surface area contributed by atoms with E-state index in [1.165, 1.54) is 12.3 Å². The van der Waals surface area contributed by atoms with Crippen LogP contribution in [0.2, 0.25) is 5.22 Å². The summed E-state index contributed by atoms with van der Waals surface area (Å²) in [6.07, 6.45) is 3.77. The fourth-order valence-electron chi connectivity index (χ4n) is 1.98. The molecule has 21 heavy (non-hydrogen) atoms. The number of amides is 1. The van der Waals surface area contributed by atoms with Crippen molar-refractivity contribution in [2.45, 2.75) is 12.5 Å². The molecule has 1 aliphatic rings. The third kappa shape index (κ3) is 3.34. The number of furan rings is 1. The largest absolute Gasteiger partial charge is 0.472 e. The summed E-state index contributed by atoms with van der Waals surface area (Å²) >= 11 is 5.77. The molecule has 1 fully saturated rings. The van der Waals surface area contributed by atoms with Gasteiger partial charge in [0, 0.05) is 24.4 Å². The highest BCUT2D eigenvalue weighted by Gasteiger charge is 2.18. The summed E-state index contributed by atoms with van der Waals surface area (Å²) in [6.45, 7) is 1.25. The number of nitrogens with one attached hydrogen (secondary N) is 1. The Hall–Kier alpha value is -2.05. The van der Waals surface area contributed by atoms with Gasteiger partial charge in [-0.15, -0.1) is 0 Å². The predicted octanol–water partition coefficient (Wildman–Crippen LogP) is 2.75. The van der Waals surface area contributed by atoms with Gasteiger partial charge in [-0.1, -0.05) is 0 Å². The van der Waals surface area contributed by atoms with Gasteiger partial charge < -0.3 is 19.2 Å². The van der Waals surface area contributed by atoms with Crippen molar-refractivity contribution in [1.82, 2.24) is 4.98 Å². The molecule has 0 unspecified atom stereocenters. The standard InChI is InChI=1S/C14H13ClN2O4/c15-13-11(3-6-20-13)14(18)17-9-1-4-16-12(7-9)21-10-2-5-19-8-10/h1,3-4,6-7,10H,2,5,8H2,(H,16,17,18)/t10-/m1/s1. The number of ether oxygens (including phenoxy) is 2. The van der Waals surface area contributed by atoms with Crippen LogP contribution in [0.3, 0.4) is 0 Å². The molecule has 3 rings (SSSR count). The molecule has 0 aliphatic carbocycles. The maximum Gasteiger partial charge on any atom is 0.260 e. The van der Waals surface area contributed by atoms with E-state index in [0.29, 0.717) is 24.8 Å². The summed E-state index contributed by atoms with van der Waals surface area (Å²) in [4.78, 5) is 16.1. The summed E-state index contributed by atoms with van der Waals surface area (Å²) in [5.41, 5.74) is 0.848. The molecule has 1 atom stereocenters. The van der Waals surface area contributed by atoms with Crippen LogP contribution in [0.1, 0.15) is 16.8 Å². The second kappa shape index (κ2) is 6.15. The van der Waals surface area contributed by atoms with Gasteiger partial charge in [0.05, 0.1) is 25.0 Å². The minimum Gasteiger partial charge on any atom is -0.472 e.